The van der Waals surface area contributed by atoms with Crippen molar-refractivity contribution in [2.45, 2.75) is 28.9 Å². The van der Waals surface area contributed by atoms with E-state index in [1.807, 2.05) is 12.1 Å². The zero-order valence-electron chi connectivity index (χ0n) is 16.6. The molecule has 0 bridgehead atoms. The minimum Gasteiger partial charge on any atom is -0.449 e. The third-order valence-electron chi connectivity index (χ3n) is 5.12. The van der Waals surface area contributed by atoms with Gasteiger partial charge >= 0.3 is 12.1 Å². The second-order valence-electron chi connectivity index (χ2n) is 7.31. The maximum absolute atomic E-state index is 13.2. The number of nitrogens with two attached hydrogens (primary N) is 1. The van der Waals surface area contributed by atoms with E-state index in [-0.39, 0.29) is 11.6 Å². The molecule has 32 heavy (non-hydrogen) atoms. The number of esters is 1. The van der Waals surface area contributed by atoms with Gasteiger partial charge in [0.2, 0.25) is 5.91 Å². The van der Waals surface area contributed by atoms with Crippen molar-refractivity contribution in [1.29, 1.82) is 0 Å². The molecule has 9 heteroatoms. The number of hydrogen-bond acceptors (Lipinski definition) is 5. The summed E-state index contributed by atoms with van der Waals surface area (Å²) in [7, 11) is 0. The summed E-state index contributed by atoms with van der Waals surface area (Å²) in [6.45, 7) is 0. The summed E-state index contributed by atoms with van der Waals surface area (Å²) in [4.78, 5) is 26.5. The Labute approximate surface area is 186 Å². The average molecular weight is 460 g/mol. The molecule has 5 nitrogen and oxygen atoms in total. The molecule has 1 fully saturated rings. The Bertz CT molecular complexity index is 1020. The Hall–Kier alpha value is -3.04. The molecule has 3 atom stereocenters. The molecule has 2 N–H and O–H groups in total. The van der Waals surface area contributed by atoms with Crippen LogP contribution in [-0.2, 0) is 14.3 Å². The number of hydrogen-bond donors (Lipinski definition) is 1. The van der Waals surface area contributed by atoms with Crippen LogP contribution in [0.1, 0.15) is 17.2 Å². The Morgan fingerprint density at radius 2 is 1.62 bits per heavy atom. The van der Waals surface area contributed by atoms with Crippen LogP contribution in [0.25, 0.3) is 0 Å². The van der Waals surface area contributed by atoms with Gasteiger partial charge < -0.3 is 15.4 Å². The van der Waals surface area contributed by atoms with Crippen molar-refractivity contribution in [3.8, 4) is 0 Å². The molecule has 0 aromatic heterocycles. The molecule has 2 aromatic rings. The van der Waals surface area contributed by atoms with Crippen LogP contribution < -0.4 is 5.73 Å². The lowest BCUT2D eigenvalue weighted by Gasteiger charge is -2.47. The van der Waals surface area contributed by atoms with Crippen molar-refractivity contribution in [2.24, 2.45) is 5.73 Å². The molecule has 2 aromatic carbocycles. The Kier molecular flexibility index (Phi) is 6.12. The maximum Gasteiger partial charge on any atom is 0.409 e. The van der Waals surface area contributed by atoms with Crippen molar-refractivity contribution in [3.63, 3.8) is 0 Å². The first-order valence-corrected chi connectivity index (χ1v) is 10.7. The first kappa shape index (κ1) is 22.2. The molecular formula is C23H19F3N2O3S. The number of β-lactam (4-membered cyclic amide) rings is 1. The van der Waals surface area contributed by atoms with Gasteiger partial charge in [0.25, 0.3) is 0 Å². The van der Waals surface area contributed by atoms with Crippen LogP contribution in [-0.4, -0.2) is 39.6 Å². The normalized spacial score (nSPS) is 23.0. The zero-order chi connectivity index (χ0) is 22.9. The van der Waals surface area contributed by atoms with Gasteiger partial charge in [-0.25, -0.2) is 4.79 Å². The van der Waals surface area contributed by atoms with Gasteiger partial charge in [-0.05, 0) is 11.1 Å². The number of ether oxygens (including phenoxy) is 1. The van der Waals surface area contributed by atoms with Crippen LogP contribution in [0, 0.1) is 0 Å². The van der Waals surface area contributed by atoms with Crippen molar-refractivity contribution in [3.05, 3.63) is 95.7 Å². The summed E-state index contributed by atoms with van der Waals surface area (Å²) in [5, 5.41) is -1.49. The molecule has 4 rings (SSSR count). The highest BCUT2D eigenvalue weighted by Crippen LogP contribution is 2.41. The Balaban J connectivity index is 1.65. The lowest BCUT2D eigenvalue weighted by molar-refractivity contribution is -0.143. The number of nitrogens with zero attached hydrogens (tertiary/aromatic N) is 1. The molecule has 1 saturated heterocycles. The van der Waals surface area contributed by atoms with Crippen LogP contribution >= 0.6 is 11.8 Å². The molecule has 0 radical (unpaired) electrons. The fraction of sp³-hybridized carbons (Fsp3) is 0.217. The van der Waals surface area contributed by atoms with Gasteiger partial charge in [0.05, 0.1) is 10.8 Å². The third-order valence-corrected chi connectivity index (χ3v) is 6.62. The van der Waals surface area contributed by atoms with Crippen LogP contribution in [0.2, 0.25) is 0 Å². The number of alkyl halides is 3. The minimum absolute atomic E-state index is 0.0520. The van der Waals surface area contributed by atoms with Crippen LogP contribution in [0.5, 0.6) is 0 Å². The van der Waals surface area contributed by atoms with Gasteiger partial charge in [0.1, 0.15) is 11.4 Å². The highest BCUT2D eigenvalue weighted by Gasteiger charge is 2.49. The van der Waals surface area contributed by atoms with E-state index in [1.165, 1.54) is 11.1 Å². The number of rotatable bonds is 5. The summed E-state index contributed by atoms with van der Waals surface area (Å²) < 4.78 is 44.2. The number of allylic oxidation sites excluding steroid dienone is 1. The molecule has 0 aliphatic carbocycles. The number of carbonyl (C=O) groups is 2. The number of halogens is 3. The van der Waals surface area contributed by atoms with Gasteiger partial charge in [-0.15, -0.1) is 11.8 Å². The first-order chi connectivity index (χ1) is 15.2. The number of amides is 1. The summed E-state index contributed by atoms with van der Waals surface area (Å²) in [6.07, 6.45) is -3.08. The number of benzene rings is 2. The van der Waals surface area contributed by atoms with Gasteiger partial charge in [-0.2, -0.15) is 13.2 Å². The smallest absolute Gasteiger partial charge is 0.409 e. The Morgan fingerprint density at radius 3 is 2.16 bits per heavy atom. The SMILES string of the molecule is NC1C(=O)N2C=C(C(=O)OC(c3ccccc3)c3ccccc3)C(C=CC(F)(F)F)S[C@H]12. The van der Waals surface area contributed by atoms with E-state index in [1.54, 1.807) is 48.5 Å². The van der Waals surface area contributed by atoms with Gasteiger partial charge in [0, 0.05) is 12.3 Å². The summed E-state index contributed by atoms with van der Waals surface area (Å²) >= 11 is 1.01. The maximum atomic E-state index is 13.2. The van der Waals surface area contributed by atoms with Crippen LogP contribution in [0.3, 0.4) is 0 Å². The highest BCUT2D eigenvalue weighted by atomic mass is 32.2. The average Bonchev–Trinajstić information content (AvgIpc) is 2.80. The standard InChI is InChI=1S/C23H19F3N2O3S/c24-23(25,26)12-11-17-16(13-28-20(29)18(27)21(28)32-17)22(30)31-19(14-7-3-1-4-8-14)15-9-5-2-6-10-15/h1-13,17-19,21H,27H2/t17?,18?,21-/m1/s1. The molecule has 166 valence electrons. The Morgan fingerprint density at radius 1 is 1.06 bits per heavy atom. The quantitative estimate of drug-likeness (QED) is 0.416. The largest absolute Gasteiger partial charge is 0.449 e. The molecule has 2 unspecified atom stereocenters. The lowest BCUT2D eigenvalue weighted by atomic mass is 10.0. The monoisotopic (exact) mass is 460 g/mol. The summed E-state index contributed by atoms with van der Waals surface area (Å²) in [5.41, 5.74) is 7.13. The first-order valence-electron chi connectivity index (χ1n) is 9.76. The number of thioether (sulfide) groups is 1. The minimum atomic E-state index is -4.54. The zero-order valence-corrected chi connectivity index (χ0v) is 17.4. The summed E-state index contributed by atoms with van der Waals surface area (Å²) in [6, 6.07) is 17.2. The molecular weight excluding hydrogens is 441 g/mol. The molecule has 1 amide bonds. The second kappa shape index (κ2) is 8.84. The molecule has 0 spiro atoms. The van der Waals surface area contributed by atoms with E-state index in [9.17, 15) is 22.8 Å². The van der Waals surface area contributed by atoms with E-state index >= 15 is 0 Å². The van der Waals surface area contributed by atoms with E-state index in [0.717, 1.165) is 17.8 Å². The fourth-order valence-corrected chi connectivity index (χ4v) is 4.87. The summed E-state index contributed by atoms with van der Waals surface area (Å²) in [5.74, 6) is -1.20. The van der Waals surface area contributed by atoms with Gasteiger partial charge in [-0.1, -0.05) is 66.7 Å². The highest BCUT2D eigenvalue weighted by molar-refractivity contribution is 8.01. The topological polar surface area (TPSA) is 72.6 Å². The van der Waals surface area contributed by atoms with Gasteiger partial charge in [0.15, 0.2) is 6.10 Å². The molecule has 2 aliphatic rings. The van der Waals surface area contributed by atoms with E-state index in [2.05, 4.69) is 0 Å². The molecule has 0 saturated carbocycles. The lowest BCUT2D eigenvalue weighted by Crippen LogP contribution is -2.66. The third kappa shape index (κ3) is 4.58. The molecule has 2 heterocycles. The van der Waals surface area contributed by atoms with Crippen molar-refractivity contribution >= 4 is 23.6 Å². The number of fused-ring (bicyclic) bond motifs is 1. The second-order valence-corrected chi connectivity index (χ2v) is 8.57. The van der Waals surface area contributed by atoms with E-state index < -0.39 is 40.8 Å². The van der Waals surface area contributed by atoms with E-state index in [4.69, 9.17) is 10.5 Å². The van der Waals surface area contributed by atoms with Crippen molar-refractivity contribution in [1.82, 2.24) is 4.90 Å². The van der Waals surface area contributed by atoms with Gasteiger partial charge in [-0.3, -0.25) is 4.79 Å². The van der Waals surface area contributed by atoms with E-state index in [0.29, 0.717) is 11.1 Å². The predicted molar refractivity (Wildman–Crippen MR) is 114 cm³/mol. The van der Waals surface area contributed by atoms with Crippen LogP contribution in [0.4, 0.5) is 13.2 Å². The van der Waals surface area contributed by atoms with Crippen molar-refractivity contribution in [2.75, 3.05) is 0 Å². The fourth-order valence-electron chi connectivity index (χ4n) is 3.52. The predicted octanol–water partition coefficient (Wildman–Crippen LogP) is 3.93. The number of carbonyl (C=O) groups excluding carboxylic acids is 2. The van der Waals surface area contributed by atoms with Crippen molar-refractivity contribution < 1.29 is 27.5 Å². The molecule has 2 aliphatic heterocycles. The van der Waals surface area contributed by atoms with Crippen LogP contribution in [0.15, 0.2) is 84.6 Å².